The number of carbonyl (C=O) groups is 2. The van der Waals surface area contributed by atoms with E-state index in [0.717, 1.165) is 6.42 Å². The first-order valence-electron chi connectivity index (χ1n) is 6.06. The summed E-state index contributed by atoms with van der Waals surface area (Å²) < 4.78 is 0. The van der Waals surface area contributed by atoms with Gasteiger partial charge in [-0.2, -0.15) is 0 Å². The van der Waals surface area contributed by atoms with Crippen molar-refractivity contribution in [1.29, 1.82) is 0 Å². The van der Waals surface area contributed by atoms with Crippen LogP contribution in [0.3, 0.4) is 0 Å². The van der Waals surface area contributed by atoms with Gasteiger partial charge in [0.1, 0.15) is 5.54 Å². The highest BCUT2D eigenvalue weighted by Crippen LogP contribution is 2.31. The Bertz CT molecular complexity index is 328. The zero-order valence-electron chi connectivity index (χ0n) is 11.0. The molecule has 1 rings (SSSR count). The highest BCUT2D eigenvalue weighted by atomic mass is 16.4. The molecule has 1 atom stereocenters. The number of aliphatic carboxylic acids is 1. The van der Waals surface area contributed by atoms with Gasteiger partial charge in [-0.1, -0.05) is 6.92 Å². The number of carboxylic acid groups (broad SMARTS) is 1. The predicted octanol–water partition coefficient (Wildman–Crippen LogP) is 0.840. The van der Waals surface area contributed by atoms with Gasteiger partial charge in [-0.3, -0.25) is 4.79 Å². The number of hydrogen-bond acceptors (Lipinski definition) is 3. The van der Waals surface area contributed by atoms with Gasteiger partial charge in [0.15, 0.2) is 0 Å². The van der Waals surface area contributed by atoms with Crippen molar-refractivity contribution in [2.75, 3.05) is 13.1 Å². The van der Waals surface area contributed by atoms with Crippen molar-refractivity contribution in [1.82, 2.24) is 10.2 Å². The Morgan fingerprint density at radius 2 is 2.06 bits per heavy atom. The van der Waals surface area contributed by atoms with Gasteiger partial charge < -0.3 is 15.3 Å². The molecule has 1 amide bonds. The lowest BCUT2D eigenvalue weighted by atomic mass is 9.96. The van der Waals surface area contributed by atoms with E-state index in [-0.39, 0.29) is 5.91 Å². The Kier molecular flexibility index (Phi) is 3.81. The Balaban J connectivity index is 2.93. The fraction of sp³-hybridized carbons (Fsp3) is 0.833. The first-order valence-corrected chi connectivity index (χ1v) is 6.06. The Hall–Kier alpha value is -1.10. The minimum absolute atomic E-state index is 0.137. The Morgan fingerprint density at radius 3 is 2.53 bits per heavy atom. The molecule has 5 heteroatoms. The molecule has 0 saturated carbocycles. The van der Waals surface area contributed by atoms with Crippen molar-refractivity contribution in [3.8, 4) is 0 Å². The first-order chi connectivity index (χ1) is 7.75. The molecule has 1 aliphatic heterocycles. The van der Waals surface area contributed by atoms with E-state index in [2.05, 4.69) is 5.32 Å². The molecule has 0 aromatic carbocycles. The second-order valence-corrected chi connectivity index (χ2v) is 5.29. The maximum atomic E-state index is 12.4. The summed E-state index contributed by atoms with van der Waals surface area (Å²) in [5, 5.41) is 12.4. The minimum Gasteiger partial charge on any atom is -0.480 e. The number of carboxylic acids is 1. The van der Waals surface area contributed by atoms with E-state index < -0.39 is 17.0 Å². The quantitative estimate of drug-likeness (QED) is 0.766. The van der Waals surface area contributed by atoms with Crippen LogP contribution in [0.25, 0.3) is 0 Å². The highest BCUT2D eigenvalue weighted by molar-refractivity contribution is 5.92. The molecule has 1 saturated heterocycles. The van der Waals surface area contributed by atoms with Crippen LogP contribution in [0, 0.1) is 0 Å². The minimum atomic E-state index is -1.05. The van der Waals surface area contributed by atoms with Gasteiger partial charge in [-0.25, -0.2) is 4.79 Å². The third kappa shape index (κ3) is 2.44. The van der Waals surface area contributed by atoms with Crippen molar-refractivity contribution >= 4 is 11.9 Å². The lowest BCUT2D eigenvalue weighted by molar-refractivity contribution is -0.157. The van der Waals surface area contributed by atoms with E-state index in [1.807, 2.05) is 6.92 Å². The fourth-order valence-electron chi connectivity index (χ4n) is 2.37. The second kappa shape index (κ2) is 4.64. The van der Waals surface area contributed by atoms with Crippen molar-refractivity contribution < 1.29 is 14.7 Å². The van der Waals surface area contributed by atoms with Crippen LogP contribution >= 0.6 is 0 Å². The molecular weight excluding hydrogens is 220 g/mol. The van der Waals surface area contributed by atoms with Crippen LogP contribution in [0.15, 0.2) is 0 Å². The van der Waals surface area contributed by atoms with E-state index >= 15 is 0 Å². The highest BCUT2D eigenvalue weighted by Gasteiger charge is 2.48. The van der Waals surface area contributed by atoms with Crippen molar-refractivity contribution in [3.63, 3.8) is 0 Å². The van der Waals surface area contributed by atoms with E-state index in [4.69, 9.17) is 0 Å². The monoisotopic (exact) mass is 242 g/mol. The summed E-state index contributed by atoms with van der Waals surface area (Å²) in [7, 11) is 0. The summed E-state index contributed by atoms with van der Waals surface area (Å²) in [6.07, 6.45) is 1.27. The molecule has 0 bridgehead atoms. The molecule has 1 unspecified atom stereocenters. The summed E-state index contributed by atoms with van der Waals surface area (Å²) in [4.78, 5) is 25.2. The molecular formula is C12H22N2O3. The summed E-state index contributed by atoms with van der Waals surface area (Å²) in [5.74, 6) is -1.06. The predicted molar refractivity (Wildman–Crippen MR) is 64.7 cm³/mol. The van der Waals surface area contributed by atoms with Crippen molar-refractivity contribution in [3.05, 3.63) is 0 Å². The smallest absolute Gasteiger partial charge is 0.329 e. The first kappa shape index (κ1) is 14.0. The molecule has 1 fully saturated rings. The summed E-state index contributed by atoms with van der Waals surface area (Å²) in [6.45, 7) is 8.34. The van der Waals surface area contributed by atoms with Gasteiger partial charge >= 0.3 is 5.97 Å². The molecule has 1 aliphatic rings. The number of carbonyl (C=O) groups excluding carboxylic acids is 1. The van der Waals surface area contributed by atoms with Gasteiger partial charge in [0.25, 0.3) is 0 Å². The van der Waals surface area contributed by atoms with E-state index in [9.17, 15) is 14.7 Å². The zero-order chi connectivity index (χ0) is 13.3. The van der Waals surface area contributed by atoms with Gasteiger partial charge in [0, 0.05) is 6.54 Å². The lowest BCUT2D eigenvalue weighted by Gasteiger charge is -2.37. The van der Waals surface area contributed by atoms with Crippen LogP contribution < -0.4 is 5.32 Å². The molecule has 0 aliphatic carbocycles. The summed E-state index contributed by atoms with van der Waals surface area (Å²) in [6, 6.07) is 0. The number of hydrogen-bond donors (Lipinski definition) is 2. The summed E-state index contributed by atoms with van der Waals surface area (Å²) in [5.41, 5.74) is -1.76. The molecule has 0 aromatic rings. The normalized spacial score (nSPS) is 25.1. The Morgan fingerprint density at radius 1 is 1.47 bits per heavy atom. The number of likely N-dealkylation sites (tertiary alicyclic amines) is 1. The van der Waals surface area contributed by atoms with Crippen LogP contribution in [-0.2, 0) is 9.59 Å². The molecule has 0 spiro atoms. The zero-order valence-corrected chi connectivity index (χ0v) is 11.0. The van der Waals surface area contributed by atoms with Crippen molar-refractivity contribution in [2.45, 2.75) is 51.6 Å². The average Bonchev–Trinajstić information content (AvgIpc) is 2.60. The van der Waals surface area contributed by atoms with Crippen LogP contribution in [0.2, 0.25) is 0 Å². The molecule has 0 aromatic heterocycles. The number of rotatable bonds is 4. The number of amides is 1. The van der Waals surface area contributed by atoms with Crippen LogP contribution in [0.5, 0.6) is 0 Å². The van der Waals surface area contributed by atoms with E-state index in [0.29, 0.717) is 19.5 Å². The van der Waals surface area contributed by atoms with Gasteiger partial charge in [0.05, 0.1) is 5.54 Å². The number of likely N-dealkylation sites (N-methyl/N-ethyl adjacent to an activating group) is 1. The van der Waals surface area contributed by atoms with Crippen LogP contribution in [0.4, 0.5) is 0 Å². The third-order valence-electron chi connectivity index (χ3n) is 3.50. The van der Waals surface area contributed by atoms with Gasteiger partial charge in [0.2, 0.25) is 5.91 Å². The molecule has 2 N–H and O–H groups in total. The third-order valence-corrected chi connectivity index (χ3v) is 3.50. The number of nitrogens with zero attached hydrogens (tertiary/aromatic N) is 1. The molecule has 17 heavy (non-hydrogen) atoms. The molecule has 0 radical (unpaired) electrons. The maximum Gasteiger partial charge on any atom is 0.329 e. The lowest BCUT2D eigenvalue weighted by Crippen LogP contribution is -2.60. The standard InChI is InChI=1S/C12H22N2O3/c1-5-13-11(2,3)9(15)14-8-6-7-12(14,4)10(16)17/h13H,5-8H2,1-4H3,(H,16,17). The molecule has 5 nitrogen and oxygen atoms in total. The van der Waals surface area contributed by atoms with E-state index in [1.54, 1.807) is 20.8 Å². The van der Waals surface area contributed by atoms with Crippen LogP contribution in [-0.4, -0.2) is 46.1 Å². The number of nitrogens with one attached hydrogen (secondary N) is 1. The average molecular weight is 242 g/mol. The topological polar surface area (TPSA) is 69.6 Å². The second-order valence-electron chi connectivity index (χ2n) is 5.29. The van der Waals surface area contributed by atoms with Gasteiger partial charge in [-0.15, -0.1) is 0 Å². The fourth-order valence-corrected chi connectivity index (χ4v) is 2.37. The summed E-state index contributed by atoms with van der Waals surface area (Å²) >= 11 is 0. The SMILES string of the molecule is CCNC(C)(C)C(=O)N1CCCC1(C)C(=O)O. The maximum absolute atomic E-state index is 12.4. The van der Waals surface area contributed by atoms with Crippen LogP contribution in [0.1, 0.15) is 40.5 Å². The molecule has 98 valence electrons. The molecule has 1 heterocycles. The Labute approximate surface area is 102 Å². The largest absolute Gasteiger partial charge is 0.480 e. The van der Waals surface area contributed by atoms with Crippen molar-refractivity contribution in [2.24, 2.45) is 0 Å². The van der Waals surface area contributed by atoms with E-state index in [1.165, 1.54) is 4.90 Å². The van der Waals surface area contributed by atoms with Gasteiger partial charge in [-0.05, 0) is 40.2 Å².